The molecule has 2 aliphatic rings. The predicted octanol–water partition coefficient (Wildman–Crippen LogP) is 5.83. The van der Waals surface area contributed by atoms with Gasteiger partial charge >= 0.3 is 0 Å². The summed E-state index contributed by atoms with van der Waals surface area (Å²) < 4.78 is 5.99. The van der Waals surface area contributed by atoms with Gasteiger partial charge in [0.2, 0.25) is 0 Å². The third-order valence-corrected chi connectivity index (χ3v) is 3.98. The van der Waals surface area contributed by atoms with E-state index in [0.29, 0.717) is 5.92 Å². The van der Waals surface area contributed by atoms with E-state index in [1.54, 1.807) is 6.08 Å². The van der Waals surface area contributed by atoms with Gasteiger partial charge in [-0.2, -0.15) is 0 Å². The highest BCUT2D eigenvalue weighted by molar-refractivity contribution is 6.07. The van der Waals surface area contributed by atoms with Crippen LogP contribution in [-0.4, -0.2) is 18.8 Å². The molecule has 0 bridgehead atoms. The van der Waals surface area contributed by atoms with Gasteiger partial charge in [-0.3, -0.25) is 0 Å². The first-order valence-electron chi connectivity index (χ1n) is 9.39. The molecule has 1 aromatic rings. The fourth-order valence-corrected chi connectivity index (χ4v) is 2.89. The molecular weight excluding hydrogens is 308 g/mol. The number of nitrogens with zero attached hydrogens (tertiary/aromatic N) is 1. The van der Waals surface area contributed by atoms with Crippen LogP contribution in [0, 0.1) is 5.92 Å². The summed E-state index contributed by atoms with van der Waals surface area (Å²) in [5, 5.41) is 3.40. The monoisotopic (exact) mass is 340 g/mol. The summed E-state index contributed by atoms with van der Waals surface area (Å²) in [6.45, 7) is 17.9. The molecule has 1 saturated heterocycles. The third kappa shape index (κ3) is 5.17. The van der Waals surface area contributed by atoms with Crippen LogP contribution in [0.15, 0.2) is 65.9 Å². The third-order valence-electron chi connectivity index (χ3n) is 3.98. The Bertz CT molecular complexity index is 623. The van der Waals surface area contributed by atoms with Gasteiger partial charge in [0.1, 0.15) is 11.4 Å². The quantitative estimate of drug-likeness (QED) is 0.751. The molecule has 0 aliphatic carbocycles. The number of piperidine rings is 1. The highest BCUT2D eigenvalue weighted by Gasteiger charge is 2.25. The number of rotatable bonds is 3. The van der Waals surface area contributed by atoms with Crippen LogP contribution in [0.4, 0.5) is 5.69 Å². The minimum Gasteiger partial charge on any atom is -0.454 e. The van der Waals surface area contributed by atoms with Gasteiger partial charge in [-0.05, 0) is 44.1 Å². The number of hydrogen-bond donors (Lipinski definition) is 1. The number of ether oxygens (including phenoxy) is 1. The summed E-state index contributed by atoms with van der Waals surface area (Å²) in [6.07, 6.45) is 5.75. The molecule has 3 rings (SSSR count). The van der Waals surface area contributed by atoms with E-state index in [4.69, 9.17) is 9.73 Å². The van der Waals surface area contributed by atoms with Crippen molar-refractivity contribution in [2.75, 3.05) is 13.1 Å². The standard InChI is InChI=1S/C18H20N2O.2C2H6/c1-3-14-16(4-2)21-17-8-6-5-7-15(17)20-18(14)13-9-11-19-12-10-13;2*1-2/h3-8,13,19H,1-2,9-12H2;2*1-2H3. The van der Waals surface area contributed by atoms with Crippen molar-refractivity contribution in [1.29, 1.82) is 0 Å². The summed E-state index contributed by atoms with van der Waals surface area (Å²) in [5.74, 6) is 1.95. The summed E-state index contributed by atoms with van der Waals surface area (Å²) in [4.78, 5) is 4.90. The van der Waals surface area contributed by atoms with Crippen molar-refractivity contribution in [3.63, 3.8) is 0 Å². The number of allylic oxidation sites excluding steroid dienone is 3. The molecule has 3 heteroatoms. The molecule has 1 fully saturated rings. The Labute approximate surface area is 153 Å². The molecule has 0 spiro atoms. The maximum atomic E-state index is 5.99. The normalized spacial score (nSPS) is 16.6. The zero-order valence-electron chi connectivity index (χ0n) is 16.1. The van der Waals surface area contributed by atoms with E-state index in [1.807, 2.05) is 58.0 Å². The van der Waals surface area contributed by atoms with Gasteiger partial charge < -0.3 is 10.1 Å². The zero-order chi connectivity index (χ0) is 18.7. The van der Waals surface area contributed by atoms with E-state index in [0.717, 1.165) is 54.4 Å². The van der Waals surface area contributed by atoms with E-state index < -0.39 is 0 Å². The van der Waals surface area contributed by atoms with Crippen LogP contribution in [-0.2, 0) is 0 Å². The van der Waals surface area contributed by atoms with Crippen molar-refractivity contribution in [1.82, 2.24) is 5.32 Å². The SMILES string of the molecule is C=CC1=C(C=C)C(C2CCNCC2)=Nc2ccccc2O1.CC.CC. The number of aliphatic imine (C=N–C) groups is 1. The van der Waals surface area contributed by atoms with Crippen LogP contribution in [0.1, 0.15) is 40.5 Å². The van der Waals surface area contributed by atoms with Crippen molar-refractivity contribution in [2.45, 2.75) is 40.5 Å². The molecule has 1 N–H and O–H groups in total. The van der Waals surface area contributed by atoms with Crippen LogP contribution in [0.5, 0.6) is 5.75 Å². The van der Waals surface area contributed by atoms with Gasteiger partial charge in [-0.1, -0.05) is 59.1 Å². The highest BCUT2D eigenvalue weighted by atomic mass is 16.5. The van der Waals surface area contributed by atoms with Crippen molar-refractivity contribution in [2.24, 2.45) is 10.9 Å². The minimum absolute atomic E-state index is 0.434. The average Bonchev–Trinajstić information content (AvgIpc) is 2.87. The number of para-hydroxylation sites is 2. The zero-order valence-corrected chi connectivity index (χ0v) is 16.1. The van der Waals surface area contributed by atoms with Gasteiger partial charge in [-0.15, -0.1) is 0 Å². The lowest BCUT2D eigenvalue weighted by Gasteiger charge is -2.24. The van der Waals surface area contributed by atoms with E-state index in [-0.39, 0.29) is 0 Å². The Morgan fingerprint density at radius 2 is 1.68 bits per heavy atom. The van der Waals surface area contributed by atoms with Crippen LogP contribution < -0.4 is 10.1 Å². The second-order valence-electron chi connectivity index (χ2n) is 5.28. The molecular formula is C22H32N2O. The summed E-state index contributed by atoms with van der Waals surface area (Å²) >= 11 is 0. The largest absolute Gasteiger partial charge is 0.454 e. The molecule has 1 aromatic carbocycles. The Balaban J connectivity index is 0.000000730. The van der Waals surface area contributed by atoms with E-state index in [9.17, 15) is 0 Å². The first-order valence-corrected chi connectivity index (χ1v) is 9.39. The molecule has 2 heterocycles. The van der Waals surface area contributed by atoms with Gasteiger partial charge in [0, 0.05) is 11.5 Å². The number of benzene rings is 1. The smallest absolute Gasteiger partial charge is 0.153 e. The molecule has 0 amide bonds. The average molecular weight is 341 g/mol. The fraction of sp³-hybridized carbons (Fsp3) is 0.409. The maximum absolute atomic E-state index is 5.99. The minimum atomic E-state index is 0.434. The Kier molecular flexibility index (Phi) is 9.56. The predicted molar refractivity (Wildman–Crippen MR) is 110 cm³/mol. The second kappa shape index (κ2) is 11.4. The number of fused-ring (bicyclic) bond motifs is 1. The van der Waals surface area contributed by atoms with Gasteiger partial charge in [-0.25, -0.2) is 4.99 Å². The summed E-state index contributed by atoms with van der Waals surface area (Å²) in [7, 11) is 0. The highest BCUT2D eigenvalue weighted by Crippen LogP contribution is 2.35. The molecule has 2 aliphatic heterocycles. The van der Waals surface area contributed by atoms with Gasteiger partial charge in [0.05, 0.1) is 5.71 Å². The second-order valence-corrected chi connectivity index (χ2v) is 5.28. The first-order chi connectivity index (χ1) is 12.3. The van der Waals surface area contributed by atoms with Crippen LogP contribution in [0.3, 0.4) is 0 Å². The van der Waals surface area contributed by atoms with E-state index in [2.05, 4.69) is 18.5 Å². The van der Waals surface area contributed by atoms with Gasteiger partial charge in [0.25, 0.3) is 0 Å². The first kappa shape index (κ1) is 20.9. The lowest BCUT2D eigenvalue weighted by molar-refractivity contribution is 0.442. The molecule has 0 unspecified atom stereocenters. The Hall–Kier alpha value is -2.13. The topological polar surface area (TPSA) is 33.6 Å². The Morgan fingerprint density at radius 1 is 1.04 bits per heavy atom. The molecule has 0 atom stereocenters. The van der Waals surface area contributed by atoms with E-state index in [1.165, 1.54) is 0 Å². The molecule has 0 saturated carbocycles. The van der Waals surface area contributed by atoms with Crippen LogP contribution in [0.2, 0.25) is 0 Å². The lowest BCUT2D eigenvalue weighted by atomic mass is 9.88. The summed E-state index contributed by atoms with van der Waals surface area (Å²) in [5.41, 5.74) is 2.92. The van der Waals surface area contributed by atoms with Crippen molar-refractivity contribution in [3.05, 3.63) is 60.9 Å². The molecule has 3 nitrogen and oxygen atoms in total. The van der Waals surface area contributed by atoms with Crippen LogP contribution >= 0.6 is 0 Å². The van der Waals surface area contributed by atoms with Crippen molar-refractivity contribution < 1.29 is 4.74 Å². The van der Waals surface area contributed by atoms with Crippen molar-refractivity contribution >= 4 is 11.4 Å². The summed E-state index contributed by atoms with van der Waals surface area (Å²) in [6, 6.07) is 7.87. The van der Waals surface area contributed by atoms with Crippen molar-refractivity contribution in [3.8, 4) is 5.75 Å². The molecule has 0 radical (unpaired) electrons. The fourth-order valence-electron chi connectivity index (χ4n) is 2.89. The number of nitrogens with one attached hydrogen (secondary N) is 1. The maximum Gasteiger partial charge on any atom is 0.153 e. The van der Waals surface area contributed by atoms with Gasteiger partial charge in [0.15, 0.2) is 5.75 Å². The van der Waals surface area contributed by atoms with E-state index >= 15 is 0 Å². The molecule has 136 valence electrons. The molecule has 25 heavy (non-hydrogen) atoms. The Morgan fingerprint density at radius 3 is 2.28 bits per heavy atom. The number of hydrogen-bond acceptors (Lipinski definition) is 3. The van der Waals surface area contributed by atoms with Crippen LogP contribution in [0.25, 0.3) is 0 Å². The lowest BCUT2D eigenvalue weighted by Crippen LogP contribution is -2.32. The molecule has 0 aromatic heterocycles.